The van der Waals surface area contributed by atoms with E-state index >= 15 is 0 Å². The van der Waals surface area contributed by atoms with Gasteiger partial charge in [-0.05, 0) is 70.6 Å². The molecule has 0 saturated heterocycles. The van der Waals surface area contributed by atoms with Crippen molar-refractivity contribution in [2.75, 3.05) is 41.0 Å². The van der Waals surface area contributed by atoms with Gasteiger partial charge in [0.05, 0.1) is 34.4 Å². The third kappa shape index (κ3) is 38.8. The quantitative estimate of drug-likeness (QED) is 0.0283. The number of ether oxygens (including phenoxy) is 3. The summed E-state index contributed by atoms with van der Waals surface area (Å²) < 4.78 is 17.3. The lowest BCUT2D eigenvalue weighted by Gasteiger charge is -2.31. The number of esters is 2. The van der Waals surface area contributed by atoms with Crippen molar-refractivity contribution in [3.63, 3.8) is 0 Å². The lowest BCUT2D eigenvalue weighted by molar-refractivity contribution is -0.887. The lowest BCUT2D eigenvalue weighted by Crippen LogP contribution is -2.50. The van der Waals surface area contributed by atoms with Gasteiger partial charge in [0.15, 0.2) is 12.1 Å². The molecule has 0 saturated carbocycles. The number of aliphatic carboxylic acids is 1. The van der Waals surface area contributed by atoms with E-state index in [1.807, 2.05) is 21.1 Å². The molecular weight excluding hydrogens is 727 g/mol. The van der Waals surface area contributed by atoms with Crippen LogP contribution in [0.5, 0.6) is 0 Å². The van der Waals surface area contributed by atoms with Crippen molar-refractivity contribution in [1.29, 1.82) is 0 Å². The van der Waals surface area contributed by atoms with Gasteiger partial charge in [-0.2, -0.15) is 0 Å². The average molecular weight is 817 g/mol. The second kappa shape index (κ2) is 41.0. The Hall–Kier alpha value is -2.71. The number of quaternary nitrogens is 1. The SMILES string of the molecule is CCC/C=C\C/C=C\CCCCCCCC(=O)OCC(COCCC(C(=O)O)[N+](C)(C)C)OC(=O)CCCCCCCCCCC/C=C\C/C=C\CCCCCCC. The second-order valence-electron chi connectivity index (χ2n) is 17.0. The van der Waals surface area contributed by atoms with Gasteiger partial charge in [-0.25, -0.2) is 4.79 Å². The molecule has 0 heterocycles. The highest BCUT2D eigenvalue weighted by molar-refractivity contribution is 5.72. The van der Waals surface area contributed by atoms with E-state index in [0.29, 0.717) is 19.3 Å². The van der Waals surface area contributed by atoms with Crippen LogP contribution in [0.1, 0.15) is 200 Å². The first kappa shape index (κ1) is 55.3. The van der Waals surface area contributed by atoms with Crippen LogP contribution in [0.4, 0.5) is 0 Å². The molecule has 0 radical (unpaired) electrons. The number of hydrogen-bond acceptors (Lipinski definition) is 6. The highest BCUT2D eigenvalue weighted by atomic mass is 16.6. The molecule has 1 N–H and O–H groups in total. The van der Waals surface area contributed by atoms with Crippen LogP contribution >= 0.6 is 0 Å². The molecule has 0 bridgehead atoms. The summed E-state index contributed by atoms with van der Waals surface area (Å²) in [5.41, 5.74) is 0. The molecule has 0 spiro atoms. The van der Waals surface area contributed by atoms with E-state index in [1.54, 1.807) is 0 Å². The van der Waals surface area contributed by atoms with Crippen LogP contribution in [-0.2, 0) is 28.6 Å². The molecule has 8 nitrogen and oxygen atoms in total. The Bertz CT molecular complexity index is 1090. The fraction of sp³-hybridized carbons (Fsp3) is 0.780. The van der Waals surface area contributed by atoms with Crippen LogP contribution in [-0.4, -0.2) is 80.6 Å². The van der Waals surface area contributed by atoms with Gasteiger partial charge in [0.1, 0.15) is 6.61 Å². The topological polar surface area (TPSA) is 99.1 Å². The van der Waals surface area contributed by atoms with Gasteiger partial charge in [-0.1, -0.05) is 159 Å². The number of carboxylic acids is 1. The van der Waals surface area contributed by atoms with Gasteiger partial charge in [-0.15, -0.1) is 0 Å². The number of likely N-dealkylation sites (N-methyl/N-ethyl adjacent to an activating group) is 1. The molecule has 0 aliphatic heterocycles. The van der Waals surface area contributed by atoms with Gasteiger partial charge >= 0.3 is 17.9 Å². The molecule has 8 heteroatoms. The van der Waals surface area contributed by atoms with Crippen molar-refractivity contribution >= 4 is 17.9 Å². The van der Waals surface area contributed by atoms with Crippen molar-refractivity contribution in [2.24, 2.45) is 0 Å². The summed E-state index contributed by atoms with van der Waals surface area (Å²) >= 11 is 0. The van der Waals surface area contributed by atoms with Crippen LogP contribution in [0.2, 0.25) is 0 Å². The Morgan fingerprint density at radius 2 is 0.948 bits per heavy atom. The molecule has 0 aromatic heterocycles. The van der Waals surface area contributed by atoms with E-state index < -0.39 is 18.1 Å². The zero-order valence-electron chi connectivity index (χ0n) is 38.2. The first-order valence-corrected chi connectivity index (χ1v) is 23.7. The van der Waals surface area contributed by atoms with Gasteiger partial charge < -0.3 is 23.8 Å². The van der Waals surface area contributed by atoms with Gasteiger partial charge in [-0.3, -0.25) is 9.59 Å². The predicted octanol–water partition coefficient (Wildman–Crippen LogP) is 13.2. The molecule has 336 valence electrons. The van der Waals surface area contributed by atoms with Crippen LogP contribution in [0, 0.1) is 0 Å². The Balaban J connectivity index is 4.29. The van der Waals surface area contributed by atoms with E-state index in [4.69, 9.17) is 14.2 Å². The number of hydrogen-bond donors (Lipinski definition) is 1. The molecular formula is C50H90NO7+. The minimum atomic E-state index is -0.878. The normalized spacial score (nSPS) is 13.3. The molecule has 0 rings (SSSR count). The summed E-state index contributed by atoms with van der Waals surface area (Å²) in [6, 6.07) is -0.618. The van der Waals surface area contributed by atoms with Crippen molar-refractivity contribution in [3.05, 3.63) is 48.6 Å². The molecule has 2 unspecified atom stereocenters. The number of carbonyl (C=O) groups is 3. The molecule has 0 aromatic rings. The fourth-order valence-electron chi connectivity index (χ4n) is 6.75. The third-order valence-corrected chi connectivity index (χ3v) is 10.4. The van der Waals surface area contributed by atoms with Crippen LogP contribution in [0.25, 0.3) is 0 Å². The summed E-state index contributed by atoms with van der Waals surface area (Å²) in [7, 11) is 5.52. The first-order chi connectivity index (χ1) is 28.1. The van der Waals surface area contributed by atoms with Gasteiger partial charge in [0.2, 0.25) is 0 Å². The van der Waals surface area contributed by atoms with E-state index in [1.165, 1.54) is 89.9 Å². The number of rotatable bonds is 42. The standard InChI is InChI=1S/C50H89NO7/c1-6-8-10-12-14-16-18-20-21-22-23-24-25-26-27-29-31-33-35-37-39-41-49(53)58-46(44-56-43-42-47(50(54)55)51(3,4)5)45-57-48(52)40-38-36-34-32-30-28-19-17-15-13-11-9-7-2/h11,13,17-20,22-23,46-47H,6-10,12,14-16,21,24-45H2,1-5H3/p+1/b13-11-,19-17-,20-18-,23-22-. The lowest BCUT2D eigenvalue weighted by atomic mass is 10.1. The van der Waals surface area contributed by atoms with Gasteiger partial charge in [0, 0.05) is 19.3 Å². The van der Waals surface area contributed by atoms with E-state index in [2.05, 4.69) is 62.5 Å². The first-order valence-electron chi connectivity index (χ1n) is 23.7. The maximum absolute atomic E-state index is 12.8. The van der Waals surface area contributed by atoms with Crippen molar-refractivity contribution in [2.45, 2.75) is 212 Å². The zero-order chi connectivity index (χ0) is 42.8. The van der Waals surface area contributed by atoms with E-state index in [-0.39, 0.29) is 36.2 Å². The Kier molecular flexibility index (Phi) is 39.1. The second-order valence-corrected chi connectivity index (χ2v) is 17.0. The van der Waals surface area contributed by atoms with Crippen molar-refractivity contribution in [3.8, 4) is 0 Å². The van der Waals surface area contributed by atoms with E-state index in [9.17, 15) is 19.5 Å². The number of unbranched alkanes of at least 4 members (excludes halogenated alkanes) is 20. The smallest absolute Gasteiger partial charge is 0.362 e. The largest absolute Gasteiger partial charge is 0.477 e. The summed E-state index contributed by atoms with van der Waals surface area (Å²) in [6.07, 6.45) is 48.7. The maximum atomic E-state index is 12.8. The molecule has 0 aliphatic rings. The summed E-state index contributed by atoms with van der Waals surface area (Å²) in [6.45, 7) is 4.65. The Labute approximate surface area is 356 Å². The minimum absolute atomic E-state index is 0.0545. The fourth-order valence-corrected chi connectivity index (χ4v) is 6.75. The number of carbonyl (C=O) groups excluding carboxylic acids is 2. The molecule has 58 heavy (non-hydrogen) atoms. The number of allylic oxidation sites excluding steroid dienone is 8. The van der Waals surface area contributed by atoms with Crippen molar-refractivity contribution < 1.29 is 38.2 Å². The average Bonchev–Trinajstić information content (AvgIpc) is 3.18. The van der Waals surface area contributed by atoms with Gasteiger partial charge in [0.25, 0.3) is 0 Å². The highest BCUT2D eigenvalue weighted by Crippen LogP contribution is 2.14. The summed E-state index contributed by atoms with van der Waals surface area (Å²) in [5.74, 6) is -1.49. The monoisotopic (exact) mass is 817 g/mol. The number of nitrogens with zero attached hydrogens (tertiary/aromatic N) is 1. The predicted molar refractivity (Wildman–Crippen MR) is 243 cm³/mol. The van der Waals surface area contributed by atoms with Crippen LogP contribution in [0.3, 0.4) is 0 Å². The van der Waals surface area contributed by atoms with Crippen LogP contribution in [0.15, 0.2) is 48.6 Å². The summed E-state index contributed by atoms with van der Waals surface area (Å²) in [4.78, 5) is 37.0. The summed E-state index contributed by atoms with van der Waals surface area (Å²) in [5, 5.41) is 9.63. The molecule has 0 fully saturated rings. The highest BCUT2D eigenvalue weighted by Gasteiger charge is 2.31. The molecule has 2 atom stereocenters. The van der Waals surface area contributed by atoms with Crippen LogP contribution < -0.4 is 0 Å². The van der Waals surface area contributed by atoms with E-state index in [0.717, 1.165) is 77.0 Å². The molecule has 0 amide bonds. The molecule has 0 aliphatic carbocycles. The maximum Gasteiger partial charge on any atom is 0.362 e. The minimum Gasteiger partial charge on any atom is -0.477 e. The molecule has 0 aromatic carbocycles. The third-order valence-electron chi connectivity index (χ3n) is 10.4. The Morgan fingerprint density at radius 1 is 0.517 bits per heavy atom. The Morgan fingerprint density at radius 3 is 1.40 bits per heavy atom. The number of carboxylic acid groups (broad SMARTS) is 1. The zero-order valence-corrected chi connectivity index (χ0v) is 38.2. The van der Waals surface area contributed by atoms with Crippen molar-refractivity contribution in [1.82, 2.24) is 0 Å².